The van der Waals surface area contributed by atoms with Crippen LogP contribution in [0.1, 0.15) is 89.3 Å². The van der Waals surface area contributed by atoms with Crippen LogP contribution >= 0.6 is 0 Å². The summed E-state index contributed by atoms with van der Waals surface area (Å²) < 4.78 is 6.08. The number of ether oxygens (including phenoxy) is 1. The van der Waals surface area contributed by atoms with Gasteiger partial charge in [-0.3, -0.25) is 9.59 Å². The van der Waals surface area contributed by atoms with Gasteiger partial charge in [0.05, 0.1) is 17.8 Å². The molecule has 2 unspecified atom stereocenters. The van der Waals surface area contributed by atoms with Crippen molar-refractivity contribution in [1.82, 2.24) is 20.9 Å². The highest BCUT2D eigenvalue weighted by Gasteiger charge is 2.24. The fourth-order valence-corrected chi connectivity index (χ4v) is 7.28. The van der Waals surface area contributed by atoms with Gasteiger partial charge in [0.2, 0.25) is 0 Å². The van der Waals surface area contributed by atoms with E-state index in [1.54, 1.807) is 12.1 Å². The van der Waals surface area contributed by atoms with Gasteiger partial charge in [0.1, 0.15) is 18.1 Å². The zero-order valence-electron chi connectivity index (χ0n) is 33.9. The number of hydrogen-bond acceptors (Lipinski definition) is 9. The maximum atomic E-state index is 12.7. The van der Waals surface area contributed by atoms with E-state index < -0.39 is 6.10 Å². The van der Waals surface area contributed by atoms with Crippen molar-refractivity contribution in [3.8, 4) is 11.5 Å². The van der Waals surface area contributed by atoms with Crippen molar-refractivity contribution in [3.63, 3.8) is 0 Å². The Balaban J connectivity index is 0.000000581. The van der Waals surface area contributed by atoms with E-state index in [0.29, 0.717) is 43.1 Å². The molecule has 7 N–H and O–H groups in total. The number of aliphatic hydroxyl groups is 1. The number of allylic oxidation sites excluding steroid dienone is 1. The molecule has 3 fully saturated rings. The number of nitrogens with one attached hydrogen (secondary N) is 4. The molecule has 1 amide bonds. The first-order chi connectivity index (χ1) is 28.3. The molecule has 0 radical (unpaired) electrons. The van der Waals surface area contributed by atoms with Gasteiger partial charge in [-0.2, -0.15) is 0 Å². The normalized spacial score (nSPS) is 16.5. The largest absolute Gasteiger partial charge is 0.506 e. The third kappa shape index (κ3) is 14.2. The van der Waals surface area contributed by atoms with E-state index in [2.05, 4.69) is 57.0 Å². The lowest BCUT2D eigenvalue weighted by atomic mass is 9.89. The minimum Gasteiger partial charge on any atom is -0.506 e. The predicted molar refractivity (Wildman–Crippen MR) is 233 cm³/mol. The van der Waals surface area contributed by atoms with Crippen LogP contribution in [0, 0.1) is 5.92 Å². The van der Waals surface area contributed by atoms with E-state index >= 15 is 0 Å². The lowest BCUT2D eigenvalue weighted by Crippen LogP contribution is -2.41. The lowest BCUT2D eigenvalue weighted by molar-refractivity contribution is -0.122. The highest BCUT2D eigenvalue weighted by Crippen LogP contribution is 2.34. The van der Waals surface area contributed by atoms with Crippen LogP contribution in [0.2, 0.25) is 0 Å². The number of nitrogens with zero attached hydrogens (tertiary/aromatic N) is 1. The molecule has 3 aliphatic rings. The summed E-state index contributed by atoms with van der Waals surface area (Å²) >= 11 is 0. The van der Waals surface area contributed by atoms with E-state index in [9.17, 15) is 15.0 Å². The summed E-state index contributed by atoms with van der Waals surface area (Å²) in [5.41, 5.74) is 5.84. The van der Waals surface area contributed by atoms with Gasteiger partial charge in [0.25, 0.3) is 12.4 Å². The standard InChI is InChI=1S/C39H46N4O4.C7H13N.CH2O2/c1-4-12-34-33(21-22-35(44)38(34)42-5-2)36(45)26-41-23-9-10-24-43-39(46)30-19-17-28(18-20-30)27-47-32-16-11-15-31(25-32)37(40-3)29-13-7-6-8-14-29;1-4-8-5-2-7(1)3-6-8;2-1-3/h4-8,11-22,25,36-37,40-42,44-45H,2,9-10,23-24,26-27H2,1,3H3,(H,43,46);7H,1-6H2;1H,(H,2,3)/b12-4-;;. The number of rotatable bonds is 18. The Bertz CT molecular complexity index is 1840. The molecule has 11 heteroatoms. The van der Waals surface area contributed by atoms with Crippen molar-refractivity contribution in [1.29, 1.82) is 0 Å². The number of carboxylic acid groups (broad SMARTS) is 1. The monoisotopic (exact) mass is 791 g/mol. The summed E-state index contributed by atoms with van der Waals surface area (Å²) in [6.07, 6.45) is 10.5. The molecule has 310 valence electrons. The quantitative estimate of drug-likeness (QED) is 0.0306. The zero-order chi connectivity index (χ0) is 41.5. The van der Waals surface area contributed by atoms with Gasteiger partial charge in [-0.15, -0.1) is 0 Å². The third-order valence-corrected chi connectivity index (χ3v) is 10.4. The number of piperidine rings is 3. The molecular weight excluding hydrogens is 731 g/mol. The maximum Gasteiger partial charge on any atom is 0.290 e. The minimum atomic E-state index is -0.754. The Kier molecular flexibility index (Phi) is 19.5. The van der Waals surface area contributed by atoms with Gasteiger partial charge in [0.15, 0.2) is 0 Å². The Morgan fingerprint density at radius 2 is 1.60 bits per heavy atom. The average Bonchev–Trinajstić information content (AvgIpc) is 3.26. The molecule has 2 atom stereocenters. The SMILES string of the molecule is C1CN2CCC1CC2.C=CNc1c(O)ccc(C(O)CNCCCCNC(=O)c2ccc(COc3cccc(C(NC)c4ccccc4)c3)cc2)c1/C=C\C.O=CO. The van der Waals surface area contributed by atoms with Crippen molar-refractivity contribution in [2.24, 2.45) is 5.92 Å². The number of anilines is 1. The molecule has 4 aromatic carbocycles. The van der Waals surface area contributed by atoms with Crippen molar-refractivity contribution in [2.75, 3.05) is 51.6 Å². The van der Waals surface area contributed by atoms with Gasteiger partial charge in [-0.1, -0.05) is 79.4 Å². The van der Waals surface area contributed by atoms with Crippen LogP contribution in [-0.4, -0.2) is 78.9 Å². The number of carbonyl (C=O) groups is 2. The Morgan fingerprint density at radius 1 is 0.931 bits per heavy atom. The number of unbranched alkanes of at least 4 members (excludes halogenated alkanes) is 1. The average molecular weight is 792 g/mol. The topological polar surface area (TPSA) is 155 Å². The van der Waals surface area contributed by atoms with Crippen LogP contribution in [-0.2, 0) is 11.4 Å². The second kappa shape index (κ2) is 25.0. The first-order valence-electron chi connectivity index (χ1n) is 20.2. The summed E-state index contributed by atoms with van der Waals surface area (Å²) in [5, 5.41) is 40.5. The van der Waals surface area contributed by atoms with Crippen molar-refractivity contribution in [2.45, 2.75) is 57.8 Å². The van der Waals surface area contributed by atoms with Crippen molar-refractivity contribution in [3.05, 3.63) is 143 Å². The number of fused-ring (bicyclic) bond motifs is 3. The first-order valence-corrected chi connectivity index (χ1v) is 20.2. The number of aliphatic hydroxyl groups excluding tert-OH is 1. The number of benzene rings is 4. The van der Waals surface area contributed by atoms with Gasteiger partial charge < -0.3 is 46.2 Å². The number of hydrogen-bond donors (Lipinski definition) is 7. The van der Waals surface area contributed by atoms with Crippen LogP contribution in [0.25, 0.3) is 6.08 Å². The van der Waals surface area contributed by atoms with Gasteiger partial charge in [-0.05, 0) is 137 Å². The minimum absolute atomic E-state index is 0.0734. The third-order valence-electron chi connectivity index (χ3n) is 10.4. The summed E-state index contributed by atoms with van der Waals surface area (Å²) in [6, 6.07) is 29.3. The maximum absolute atomic E-state index is 12.7. The first kappa shape index (κ1) is 45.2. The van der Waals surface area contributed by atoms with Crippen LogP contribution in [0.3, 0.4) is 0 Å². The van der Waals surface area contributed by atoms with E-state index in [1.807, 2.05) is 80.7 Å². The molecule has 2 bridgehead atoms. The van der Waals surface area contributed by atoms with Gasteiger partial charge in [-0.25, -0.2) is 0 Å². The Hall–Kier alpha value is -5.46. The highest BCUT2D eigenvalue weighted by molar-refractivity contribution is 5.94. The molecule has 4 aromatic rings. The molecule has 0 spiro atoms. The summed E-state index contributed by atoms with van der Waals surface area (Å²) in [4.78, 5) is 23.6. The summed E-state index contributed by atoms with van der Waals surface area (Å²) in [5.74, 6) is 1.88. The summed E-state index contributed by atoms with van der Waals surface area (Å²) in [6.45, 7) is 11.5. The Labute approximate surface area is 343 Å². The number of phenolic OH excluding ortho intramolecular Hbond substituents is 1. The molecule has 3 aliphatic heterocycles. The fourth-order valence-electron chi connectivity index (χ4n) is 7.28. The van der Waals surface area contributed by atoms with Crippen molar-refractivity contribution >= 4 is 24.1 Å². The van der Waals surface area contributed by atoms with Crippen LogP contribution < -0.4 is 26.0 Å². The van der Waals surface area contributed by atoms with Gasteiger partial charge >= 0.3 is 0 Å². The molecule has 0 saturated carbocycles. The van der Waals surface area contributed by atoms with Gasteiger partial charge in [0, 0.05) is 24.2 Å². The molecule has 7 rings (SSSR count). The summed E-state index contributed by atoms with van der Waals surface area (Å²) in [7, 11) is 1.95. The van der Waals surface area contributed by atoms with E-state index in [-0.39, 0.29) is 24.2 Å². The van der Waals surface area contributed by atoms with Crippen LogP contribution in [0.4, 0.5) is 5.69 Å². The predicted octanol–water partition coefficient (Wildman–Crippen LogP) is 7.50. The van der Waals surface area contributed by atoms with E-state index in [0.717, 1.165) is 41.2 Å². The lowest BCUT2D eigenvalue weighted by Gasteiger charge is -2.38. The van der Waals surface area contributed by atoms with Crippen LogP contribution in [0.15, 0.2) is 110 Å². The molecule has 11 nitrogen and oxygen atoms in total. The van der Waals surface area contributed by atoms with E-state index in [1.165, 1.54) is 50.7 Å². The fraction of sp³-hybridized carbons (Fsp3) is 0.362. The molecule has 58 heavy (non-hydrogen) atoms. The number of carbonyl (C=O) groups excluding carboxylic acids is 1. The smallest absolute Gasteiger partial charge is 0.290 e. The second-order valence-electron chi connectivity index (χ2n) is 14.4. The zero-order valence-corrected chi connectivity index (χ0v) is 33.9. The molecule has 0 aromatic heterocycles. The van der Waals surface area contributed by atoms with Crippen molar-refractivity contribution < 1.29 is 29.6 Å². The second-order valence-corrected chi connectivity index (χ2v) is 14.4. The molecule has 0 aliphatic carbocycles. The number of aromatic hydroxyl groups is 1. The highest BCUT2D eigenvalue weighted by atomic mass is 16.5. The van der Waals surface area contributed by atoms with E-state index in [4.69, 9.17) is 14.6 Å². The molecule has 3 heterocycles. The molecular formula is C47H61N5O6. The number of amides is 1. The van der Waals surface area contributed by atoms with Crippen LogP contribution in [0.5, 0.6) is 11.5 Å². The Morgan fingerprint density at radius 3 is 2.21 bits per heavy atom. The number of phenols is 1. The molecule has 3 saturated heterocycles.